The molecule has 0 aromatic heterocycles. The Morgan fingerprint density at radius 3 is 2.56 bits per heavy atom. The number of nitrogens with one attached hydrogen (secondary N) is 1. The van der Waals surface area contributed by atoms with Crippen LogP contribution in [0.4, 0.5) is 0 Å². The second-order valence-corrected chi connectivity index (χ2v) is 4.19. The zero-order valence-electron chi connectivity index (χ0n) is 9.35. The number of carbonyl (C=O) groups is 2. The van der Waals surface area contributed by atoms with Gasteiger partial charge in [0.05, 0.1) is 0 Å². The second kappa shape index (κ2) is 6.79. The molecule has 1 aromatic rings. The zero-order valence-corrected chi connectivity index (χ0v) is 10.9. The van der Waals surface area contributed by atoms with Gasteiger partial charge in [-0.3, -0.25) is 9.59 Å². The van der Waals surface area contributed by atoms with Crippen LogP contribution in [-0.2, 0) is 9.53 Å². The Morgan fingerprint density at radius 2 is 2.06 bits per heavy atom. The summed E-state index contributed by atoms with van der Waals surface area (Å²) in [6, 6.07) is 6.60. The minimum atomic E-state index is -1.24. The van der Waals surface area contributed by atoms with Crippen LogP contribution in [0.5, 0.6) is 0 Å². The van der Waals surface area contributed by atoms with Crippen LogP contribution in [0.15, 0.2) is 28.7 Å². The lowest BCUT2D eigenvalue weighted by atomic mass is 10.2. The highest BCUT2D eigenvalue weighted by Gasteiger charge is 2.18. The van der Waals surface area contributed by atoms with Crippen molar-refractivity contribution in [2.75, 3.05) is 6.61 Å². The zero-order chi connectivity index (χ0) is 13.5. The van der Waals surface area contributed by atoms with Gasteiger partial charge in [-0.2, -0.15) is 0 Å². The van der Waals surface area contributed by atoms with E-state index in [1.165, 1.54) is 0 Å². The van der Waals surface area contributed by atoms with Gasteiger partial charge >= 0.3 is 0 Å². The summed E-state index contributed by atoms with van der Waals surface area (Å²) < 4.78 is 5.76. The Bertz CT molecular complexity index is 479. The first-order valence-corrected chi connectivity index (χ1v) is 5.74. The number of amides is 2. The average Bonchev–Trinajstić information content (AvgIpc) is 2.34. The van der Waals surface area contributed by atoms with Crippen LogP contribution in [0.25, 0.3) is 0 Å². The van der Waals surface area contributed by atoms with E-state index in [1.54, 1.807) is 24.3 Å². The molecule has 94 valence electrons. The van der Waals surface area contributed by atoms with Crippen LogP contribution in [0, 0.1) is 12.3 Å². The summed E-state index contributed by atoms with van der Waals surface area (Å²) in [6.45, 7) is -0.117. The quantitative estimate of drug-likeness (QED) is 0.618. The molecule has 2 amide bonds. The molecule has 1 rings (SSSR count). The second-order valence-electron chi connectivity index (χ2n) is 3.28. The van der Waals surface area contributed by atoms with E-state index < -0.39 is 18.0 Å². The van der Waals surface area contributed by atoms with Crippen molar-refractivity contribution in [3.63, 3.8) is 0 Å². The molecule has 0 aliphatic heterocycles. The third-order valence-electron chi connectivity index (χ3n) is 1.96. The maximum Gasteiger partial charge on any atom is 0.267 e. The summed E-state index contributed by atoms with van der Waals surface area (Å²) in [5.74, 6) is 0.907. The molecule has 18 heavy (non-hydrogen) atoms. The third kappa shape index (κ3) is 4.20. The highest BCUT2D eigenvalue weighted by atomic mass is 79.9. The molecular weight excluding hydrogens is 300 g/mol. The molecule has 6 heteroatoms. The highest BCUT2D eigenvalue weighted by Crippen LogP contribution is 2.10. The standard InChI is InChI=1S/C12H11BrN2O3/c1-2-7-18-12(10(14)16)15-11(17)8-3-5-9(13)6-4-8/h1,3-6,12H,7H2,(H2,14,16)(H,15,17). The van der Waals surface area contributed by atoms with Crippen LogP contribution < -0.4 is 11.1 Å². The Hall–Kier alpha value is -1.84. The van der Waals surface area contributed by atoms with Gasteiger partial charge in [-0.25, -0.2) is 0 Å². The Morgan fingerprint density at radius 1 is 1.44 bits per heavy atom. The van der Waals surface area contributed by atoms with E-state index in [0.717, 1.165) is 4.47 Å². The van der Waals surface area contributed by atoms with Crippen molar-refractivity contribution >= 4 is 27.7 Å². The van der Waals surface area contributed by atoms with Crippen LogP contribution in [0.2, 0.25) is 0 Å². The van der Waals surface area contributed by atoms with Crippen LogP contribution in [0.1, 0.15) is 10.4 Å². The molecule has 0 spiro atoms. The Labute approximate surface area is 113 Å². The molecular formula is C12H11BrN2O3. The average molecular weight is 311 g/mol. The smallest absolute Gasteiger partial charge is 0.267 e. The highest BCUT2D eigenvalue weighted by molar-refractivity contribution is 9.10. The van der Waals surface area contributed by atoms with E-state index in [-0.39, 0.29) is 6.61 Å². The van der Waals surface area contributed by atoms with Crippen molar-refractivity contribution in [3.05, 3.63) is 34.3 Å². The van der Waals surface area contributed by atoms with Gasteiger partial charge in [0.25, 0.3) is 11.8 Å². The minimum Gasteiger partial charge on any atom is -0.366 e. The van der Waals surface area contributed by atoms with Crippen molar-refractivity contribution in [1.82, 2.24) is 5.32 Å². The number of nitrogens with two attached hydrogens (primary N) is 1. The van der Waals surface area contributed by atoms with Gasteiger partial charge in [0.2, 0.25) is 6.23 Å². The number of hydrogen-bond donors (Lipinski definition) is 2. The number of rotatable bonds is 5. The lowest BCUT2D eigenvalue weighted by molar-refractivity contribution is -0.129. The maximum absolute atomic E-state index is 11.8. The van der Waals surface area contributed by atoms with Crippen molar-refractivity contribution < 1.29 is 14.3 Å². The lowest BCUT2D eigenvalue weighted by Crippen LogP contribution is -2.46. The fourth-order valence-electron chi connectivity index (χ4n) is 1.13. The molecule has 1 aromatic carbocycles. The molecule has 0 saturated carbocycles. The largest absolute Gasteiger partial charge is 0.366 e. The molecule has 0 aliphatic rings. The first kappa shape index (κ1) is 14.2. The third-order valence-corrected chi connectivity index (χ3v) is 2.49. The molecule has 0 heterocycles. The van der Waals surface area contributed by atoms with Crippen molar-refractivity contribution in [2.45, 2.75) is 6.23 Å². The Balaban J connectivity index is 2.69. The fourth-order valence-corrected chi connectivity index (χ4v) is 1.39. The van der Waals surface area contributed by atoms with Gasteiger partial charge in [0.15, 0.2) is 0 Å². The van der Waals surface area contributed by atoms with Crippen LogP contribution >= 0.6 is 15.9 Å². The molecule has 0 radical (unpaired) electrons. The molecule has 5 nitrogen and oxygen atoms in total. The van der Waals surface area contributed by atoms with Crippen molar-refractivity contribution in [1.29, 1.82) is 0 Å². The molecule has 1 unspecified atom stereocenters. The molecule has 0 aliphatic carbocycles. The van der Waals surface area contributed by atoms with E-state index in [0.29, 0.717) is 5.56 Å². The monoisotopic (exact) mass is 310 g/mol. The molecule has 3 N–H and O–H groups in total. The summed E-state index contributed by atoms with van der Waals surface area (Å²) in [4.78, 5) is 22.8. The molecule has 1 atom stereocenters. The number of ether oxygens (including phenoxy) is 1. The first-order chi connectivity index (χ1) is 8.54. The van der Waals surface area contributed by atoms with Gasteiger partial charge < -0.3 is 15.8 Å². The van der Waals surface area contributed by atoms with E-state index >= 15 is 0 Å². The number of hydrogen-bond acceptors (Lipinski definition) is 3. The number of terminal acetylenes is 1. The summed E-state index contributed by atoms with van der Waals surface area (Å²) in [5, 5.41) is 2.34. The van der Waals surface area contributed by atoms with Gasteiger partial charge in [-0.15, -0.1) is 6.42 Å². The van der Waals surface area contributed by atoms with Crippen molar-refractivity contribution in [3.8, 4) is 12.3 Å². The lowest BCUT2D eigenvalue weighted by Gasteiger charge is -2.14. The van der Waals surface area contributed by atoms with Gasteiger partial charge in [0, 0.05) is 10.0 Å². The van der Waals surface area contributed by atoms with E-state index in [4.69, 9.17) is 16.9 Å². The van der Waals surface area contributed by atoms with Crippen LogP contribution in [0.3, 0.4) is 0 Å². The maximum atomic E-state index is 11.8. The van der Waals surface area contributed by atoms with E-state index in [2.05, 4.69) is 27.2 Å². The molecule has 0 fully saturated rings. The van der Waals surface area contributed by atoms with Crippen molar-refractivity contribution in [2.24, 2.45) is 5.73 Å². The summed E-state index contributed by atoms with van der Waals surface area (Å²) in [5.41, 5.74) is 5.46. The molecule has 0 saturated heterocycles. The topological polar surface area (TPSA) is 81.4 Å². The minimum absolute atomic E-state index is 0.117. The Kier molecular flexibility index (Phi) is 5.36. The van der Waals surface area contributed by atoms with Gasteiger partial charge in [0.1, 0.15) is 6.61 Å². The van der Waals surface area contributed by atoms with Crippen LogP contribution in [-0.4, -0.2) is 24.6 Å². The van der Waals surface area contributed by atoms with Gasteiger partial charge in [-0.1, -0.05) is 21.9 Å². The molecule has 0 bridgehead atoms. The summed E-state index contributed by atoms with van der Waals surface area (Å²) in [6.07, 6.45) is 3.75. The number of halogens is 1. The summed E-state index contributed by atoms with van der Waals surface area (Å²) >= 11 is 3.25. The van der Waals surface area contributed by atoms with E-state index in [1.807, 2.05) is 0 Å². The SMILES string of the molecule is C#CCOC(NC(=O)c1ccc(Br)cc1)C(N)=O. The number of primary amides is 1. The van der Waals surface area contributed by atoms with E-state index in [9.17, 15) is 9.59 Å². The summed E-state index contributed by atoms with van der Waals surface area (Å²) in [7, 11) is 0. The first-order valence-electron chi connectivity index (χ1n) is 4.95. The number of benzene rings is 1. The van der Waals surface area contributed by atoms with Gasteiger partial charge in [-0.05, 0) is 24.3 Å². The predicted molar refractivity (Wildman–Crippen MR) is 69.4 cm³/mol. The predicted octanol–water partition coefficient (Wildman–Crippen LogP) is 0.640. The number of carbonyl (C=O) groups excluding carboxylic acids is 2. The normalized spacial score (nSPS) is 11.3. The fraction of sp³-hybridized carbons (Fsp3) is 0.167.